The number of morpholine rings is 1. The Morgan fingerprint density at radius 1 is 1.16 bits per heavy atom. The fourth-order valence-corrected chi connectivity index (χ4v) is 3.70. The van der Waals surface area contributed by atoms with E-state index in [1.54, 1.807) is 4.90 Å². The van der Waals surface area contributed by atoms with Gasteiger partial charge in [-0.1, -0.05) is 30.3 Å². The fraction of sp³-hybridized carbons (Fsp3) is 0.467. The molecule has 2 amide bonds. The molecule has 25 heavy (non-hydrogen) atoms. The second-order valence-corrected chi connectivity index (χ2v) is 7.50. The van der Waals surface area contributed by atoms with Gasteiger partial charge in [-0.3, -0.25) is 9.59 Å². The minimum Gasteiger partial charge on any atom is -0.356 e. The van der Waals surface area contributed by atoms with E-state index >= 15 is 0 Å². The Bertz CT molecular complexity index is 746. The van der Waals surface area contributed by atoms with Crippen molar-refractivity contribution in [3.8, 4) is 0 Å². The van der Waals surface area contributed by atoms with E-state index in [1.165, 1.54) is 0 Å². The zero-order valence-corrected chi connectivity index (χ0v) is 14.3. The number of rotatable bonds is 3. The number of hydrogen-bond acceptors (Lipinski definition) is 5. The standard InChI is InChI=1S/C15H20N4O5S/c16-25(22,23)19-8-6-18(7-9-19)15(21)14-13(17-12(20)10-24-14)11-4-2-1-3-5-11/h1-5,13-14H,6-10H2,(H,17,20)(H2,16,22,23)/t13-,14+/m1/s1. The normalized spacial score (nSPS) is 25.5. The number of hydrogen-bond donors (Lipinski definition) is 2. The van der Waals surface area contributed by atoms with Gasteiger partial charge in [-0.25, -0.2) is 5.14 Å². The highest BCUT2D eigenvalue weighted by Gasteiger charge is 2.39. The lowest BCUT2D eigenvalue weighted by atomic mass is 9.98. The van der Waals surface area contributed by atoms with Crippen LogP contribution in [0.5, 0.6) is 0 Å². The predicted octanol–water partition coefficient (Wildman–Crippen LogP) is -1.41. The van der Waals surface area contributed by atoms with Crippen LogP contribution in [0.2, 0.25) is 0 Å². The molecule has 2 aliphatic heterocycles. The smallest absolute Gasteiger partial charge is 0.277 e. The molecule has 1 aromatic carbocycles. The van der Waals surface area contributed by atoms with E-state index in [2.05, 4.69) is 5.32 Å². The second kappa shape index (κ2) is 7.08. The van der Waals surface area contributed by atoms with Crippen LogP contribution >= 0.6 is 0 Å². The molecule has 0 aliphatic carbocycles. The maximum Gasteiger partial charge on any atom is 0.277 e. The Labute approximate surface area is 145 Å². The van der Waals surface area contributed by atoms with Gasteiger partial charge in [0, 0.05) is 26.2 Å². The molecule has 0 saturated carbocycles. The minimum atomic E-state index is -3.75. The monoisotopic (exact) mass is 368 g/mol. The van der Waals surface area contributed by atoms with E-state index < -0.39 is 22.4 Å². The minimum absolute atomic E-state index is 0.139. The maximum atomic E-state index is 12.9. The molecule has 0 spiro atoms. The number of ether oxygens (including phenoxy) is 1. The van der Waals surface area contributed by atoms with E-state index in [9.17, 15) is 18.0 Å². The predicted molar refractivity (Wildman–Crippen MR) is 88.3 cm³/mol. The third kappa shape index (κ3) is 3.98. The van der Waals surface area contributed by atoms with Crippen LogP contribution < -0.4 is 10.5 Å². The summed E-state index contributed by atoms with van der Waals surface area (Å²) >= 11 is 0. The SMILES string of the molecule is NS(=O)(=O)N1CCN(C(=O)[C@H]2OCC(=O)N[C@@H]2c2ccccc2)CC1. The summed E-state index contributed by atoms with van der Waals surface area (Å²) in [7, 11) is -3.75. The van der Waals surface area contributed by atoms with Gasteiger partial charge in [0.25, 0.3) is 16.1 Å². The average Bonchev–Trinajstić information content (AvgIpc) is 2.61. The topological polar surface area (TPSA) is 122 Å². The van der Waals surface area contributed by atoms with Gasteiger partial charge in [0.05, 0.1) is 6.04 Å². The summed E-state index contributed by atoms with van der Waals surface area (Å²) in [5.74, 6) is -0.556. The largest absolute Gasteiger partial charge is 0.356 e. The highest BCUT2D eigenvalue weighted by Crippen LogP contribution is 2.24. The van der Waals surface area contributed by atoms with Crippen molar-refractivity contribution in [1.82, 2.24) is 14.5 Å². The molecule has 0 radical (unpaired) electrons. The molecule has 0 aromatic heterocycles. The van der Waals surface area contributed by atoms with Crippen LogP contribution in [0.15, 0.2) is 30.3 Å². The van der Waals surface area contributed by atoms with Crippen molar-refractivity contribution in [2.45, 2.75) is 12.1 Å². The van der Waals surface area contributed by atoms with Crippen molar-refractivity contribution < 1.29 is 22.7 Å². The number of nitrogens with zero attached hydrogens (tertiary/aromatic N) is 2. The Morgan fingerprint density at radius 2 is 1.80 bits per heavy atom. The van der Waals surface area contributed by atoms with Crippen LogP contribution in [0.4, 0.5) is 0 Å². The zero-order valence-electron chi connectivity index (χ0n) is 13.5. The fourth-order valence-electron chi connectivity index (χ4n) is 3.03. The van der Waals surface area contributed by atoms with Crippen molar-refractivity contribution in [2.75, 3.05) is 32.8 Å². The van der Waals surface area contributed by atoms with Crippen LogP contribution in [0.3, 0.4) is 0 Å². The van der Waals surface area contributed by atoms with Gasteiger partial charge in [0.2, 0.25) is 5.91 Å². The Morgan fingerprint density at radius 3 is 2.40 bits per heavy atom. The summed E-state index contributed by atoms with van der Waals surface area (Å²) in [4.78, 5) is 26.1. The lowest BCUT2D eigenvalue weighted by Crippen LogP contribution is -2.58. The molecule has 2 atom stereocenters. The summed E-state index contributed by atoms with van der Waals surface area (Å²) in [5, 5.41) is 7.91. The van der Waals surface area contributed by atoms with Crippen molar-refractivity contribution in [2.24, 2.45) is 5.14 Å². The molecule has 0 unspecified atom stereocenters. The average molecular weight is 368 g/mol. The van der Waals surface area contributed by atoms with Crippen LogP contribution in [0.25, 0.3) is 0 Å². The number of carbonyl (C=O) groups excluding carboxylic acids is 2. The third-order valence-corrected chi connectivity index (χ3v) is 5.41. The summed E-state index contributed by atoms with van der Waals surface area (Å²) in [6.45, 7) is 0.547. The van der Waals surface area contributed by atoms with Crippen LogP contribution in [-0.2, 0) is 24.5 Å². The summed E-state index contributed by atoms with van der Waals surface area (Å²) in [6.07, 6.45) is -0.846. The third-order valence-electron chi connectivity index (χ3n) is 4.33. The molecule has 136 valence electrons. The van der Waals surface area contributed by atoms with E-state index in [4.69, 9.17) is 9.88 Å². The molecule has 2 saturated heterocycles. The van der Waals surface area contributed by atoms with Crippen molar-refractivity contribution in [1.29, 1.82) is 0 Å². The molecule has 2 fully saturated rings. The van der Waals surface area contributed by atoms with Gasteiger partial charge in [0.1, 0.15) is 6.61 Å². The first-order valence-corrected chi connectivity index (χ1v) is 9.39. The number of piperazine rings is 1. The van der Waals surface area contributed by atoms with Gasteiger partial charge in [-0.15, -0.1) is 0 Å². The molecule has 10 heteroatoms. The van der Waals surface area contributed by atoms with Crippen LogP contribution in [0, 0.1) is 0 Å². The summed E-state index contributed by atoms with van der Waals surface area (Å²) in [5.41, 5.74) is 0.775. The maximum absolute atomic E-state index is 12.9. The van der Waals surface area contributed by atoms with Gasteiger partial charge < -0.3 is 15.0 Å². The molecule has 9 nitrogen and oxygen atoms in total. The molecule has 2 aliphatic rings. The quantitative estimate of drug-likeness (QED) is 0.679. The number of amides is 2. The van der Waals surface area contributed by atoms with E-state index in [-0.39, 0.29) is 44.6 Å². The molecular weight excluding hydrogens is 348 g/mol. The van der Waals surface area contributed by atoms with Crippen molar-refractivity contribution in [3.05, 3.63) is 35.9 Å². The van der Waals surface area contributed by atoms with Gasteiger partial charge >= 0.3 is 0 Å². The zero-order chi connectivity index (χ0) is 18.0. The van der Waals surface area contributed by atoms with Crippen LogP contribution in [-0.4, -0.2) is 68.3 Å². The Balaban J connectivity index is 1.73. The Kier molecular flexibility index (Phi) is 5.04. The van der Waals surface area contributed by atoms with E-state index in [0.717, 1.165) is 9.87 Å². The molecule has 3 N–H and O–H groups in total. The van der Waals surface area contributed by atoms with Crippen molar-refractivity contribution >= 4 is 22.0 Å². The van der Waals surface area contributed by atoms with Crippen molar-refractivity contribution in [3.63, 3.8) is 0 Å². The van der Waals surface area contributed by atoms with E-state index in [0.29, 0.717) is 0 Å². The summed E-state index contributed by atoms with van der Waals surface area (Å²) < 4.78 is 29.4. The second-order valence-electron chi connectivity index (χ2n) is 5.96. The highest BCUT2D eigenvalue weighted by molar-refractivity contribution is 7.86. The number of nitrogens with one attached hydrogen (secondary N) is 1. The number of carbonyl (C=O) groups is 2. The molecule has 2 heterocycles. The number of benzene rings is 1. The molecule has 1 aromatic rings. The van der Waals surface area contributed by atoms with Gasteiger partial charge in [-0.05, 0) is 5.56 Å². The van der Waals surface area contributed by atoms with Crippen LogP contribution in [0.1, 0.15) is 11.6 Å². The van der Waals surface area contributed by atoms with Gasteiger partial charge in [-0.2, -0.15) is 12.7 Å². The molecular formula is C15H20N4O5S. The summed E-state index contributed by atoms with van der Waals surface area (Å²) in [6, 6.07) is 8.55. The van der Waals surface area contributed by atoms with E-state index in [1.807, 2.05) is 30.3 Å². The molecule has 0 bridgehead atoms. The number of nitrogens with two attached hydrogens (primary N) is 1. The lowest BCUT2D eigenvalue weighted by Gasteiger charge is -2.38. The Hall–Kier alpha value is -2.01. The first-order chi connectivity index (χ1) is 11.9. The lowest BCUT2D eigenvalue weighted by molar-refractivity contribution is -0.156. The first kappa shape index (κ1) is 17.8. The first-order valence-electron chi connectivity index (χ1n) is 7.89. The highest BCUT2D eigenvalue weighted by atomic mass is 32.2. The molecule has 3 rings (SSSR count). The van der Waals surface area contributed by atoms with Gasteiger partial charge in [0.15, 0.2) is 6.10 Å².